The Balaban J connectivity index is 2.02. The highest BCUT2D eigenvalue weighted by Crippen LogP contribution is 2.33. The molecular weight excluding hydrogens is 415 g/mol. The molecule has 3 rings (SSSR count). The van der Waals surface area contributed by atoms with Gasteiger partial charge in [0, 0.05) is 31.7 Å². The highest BCUT2D eigenvalue weighted by atomic mass is 35.5. The van der Waals surface area contributed by atoms with Gasteiger partial charge in [-0.25, -0.2) is 0 Å². The van der Waals surface area contributed by atoms with Crippen LogP contribution in [0, 0.1) is 18.3 Å². The number of halogens is 4. The maximum absolute atomic E-state index is 13.2. The lowest BCUT2D eigenvalue weighted by Crippen LogP contribution is -2.37. The third-order valence-corrected chi connectivity index (χ3v) is 5.75. The summed E-state index contributed by atoms with van der Waals surface area (Å²) in [5.74, 6) is 0.00741. The van der Waals surface area contributed by atoms with Gasteiger partial charge in [0.25, 0.3) is 0 Å². The molecule has 8 heteroatoms. The van der Waals surface area contributed by atoms with Gasteiger partial charge in [-0.2, -0.15) is 18.4 Å². The topological polar surface area (TPSA) is 47.3 Å². The summed E-state index contributed by atoms with van der Waals surface area (Å²) in [4.78, 5) is 15.9. The van der Waals surface area contributed by atoms with E-state index in [1.807, 2.05) is 17.9 Å². The minimum Gasteiger partial charge on any atom is -0.362 e. The van der Waals surface area contributed by atoms with Crippen molar-refractivity contribution in [1.82, 2.24) is 4.90 Å². The summed E-state index contributed by atoms with van der Waals surface area (Å²) in [6.07, 6.45) is -4.17. The molecule has 2 aromatic carbocycles. The number of hydrogen-bond donors (Lipinski definition) is 0. The molecule has 4 nitrogen and oxygen atoms in total. The summed E-state index contributed by atoms with van der Waals surface area (Å²) >= 11 is 6.21. The van der Waals surface area contributed by atoms with Gasteiger partial charge in [-0.05, 0) is 55.3 Å². The second-order valence-corrected chi connectivity index (χ2v) is 7.74. The quantitative estimate of drug-likeness (QED) is 0.651. The van der Waals surface area contributed by atoms with Gasteiger partial charge < -0.3 is 9.80 Å². The van der Waals surface area contributed by atoms with E-state index in [-0.39, 0.29) is 29.9 Å². The van der Waals surface area contributed by atoms with Crippen LogP contribution in [0.4, 0.5) is 18.9 Å². The number of likely N-dealkylation sites (N-methyl/N-ethyl adjacent to an activating group) is 1. The fourth-order valence-electron chi connectivity index (χ4n) is 3.67. The summed E-state index contributed by atoms with van der Waals surface area (Å²) in [6.45, 7) is 4.88. The van der Waals surface area contributed by atoms with Crippen molar-refractivity contribution in [2.45, 2.75) is 39.0 Å². The summed E-state index contributed by atoms with van der Waals surface area (Å²) in [6, 6.07) is 10.4. The van der Waals surface area contributed by atoms with E-state index < -0.39 is 11.7 Å². The van der Waals surface area contributed by atoms with Gasteiger partial charge >= 0.3 is 6.18 Å². The van der Waals surface area contributed by atoms with Crippen molar-refractivity contribution in [2.75, 3.05) is 18.0 Å². The Morgan fingerprint density at radius 1 is 1.27 bits per heavy atom. The molecular formula is C22H21ClF3N3O. The summed E-state index contributed by atoms with van der Waals surface area (Å²) in [5.41, 5.74) is 1.51. The number of carbonyl (C=O) groups is 1. The van der Waals surface area contributed by atoms with Crippen LogP contribution in [0.3, 0.4) is 0 Å². The van der Waals surface area contributed by atoms with Gasteiger partial charge in [-0.15, -0.1) is 0 Å². The van der Waals surface area contributed by atoms with Crippen molar-refractivity contribution in [3.63, 3.8) is 0 Å². The van der Waals surface area contributed by atoms with Crippen molar-refractivity contribution < 1.29 is 18.0 Å². The van der Waals surface area contributed by atoms with Crippen molar-refractivity contribution in [1.29, 1.82) is 5.26 Å². The van der Waals surface area contributed by atoms with Crippen molar-refractivity contribution in [2.24, 2.45) is 0 Å². The molecule has 0 N–H and O–H groups in total. The number of alkyl halides is 3. The number of anilines is 1. The number of nitrogens with zero attached hydrogens (tertiary/aromatic N) is 3. The molecule has 0 radical (unpaired) electrons. The molecule has 1 saturated heterocycles. The third-order valence-electron chi connectivity index (χ3n) is 5.44. The first-order chi connectivity index (χ1) is 14.1. The van der Waals surface area contributed by atoms with Gasteiger partial charge in [-0.3, -0.25) is 4.79 Å². The van der Waals surface area contributed by atoms with E-state index in [1.54, 1.807) is 30.0 Å². The normalized spacial score (nSPS) is 16.6. The number of benzene rings is 2. The minimum absolute atomic E-state index is 0.00741. The number of hydrogen-bond acceptors (Lipinski definition) is 3. The molecule has 2 aromatic rings. The van der Waals surface area contributed by atoms with Crippen molar-refractivity contribution in [3.05, 3.63) is 63.7 Å². The van der Waals surface area contributed by atoms with Crippen LogP contribution in [0.5, 0.6) is 0 Å². The molecule has 0 bridgehead atoms. The van der Waals surface area contributed by atoms with E-state index in [9.17, 15) is 18.0 Å². The van der Waals surface area contributed by atoms with E-state index in [1.165, 1.54) is 6.07 Å². The maximum atomic E-state index is 13.2. The fraction of sp³-hybridized carbons (Fsp3) is 0.364. The number of aryl methyl sites for hydroxylation is 1. The number of carbonyl (C=O) groups excluding carboxylic acids is 1. The van der Waals surface area contributed by atoms with Crippen LogP contribution in [0.15, 0.2) is 36.4 Å². The zero-order valence-electron chi connectivity index (χ0n) is 16.6. The fourth-order valence-corrected chi connectivity index (χ4v) is 3.89. The lowest BCUT2D eigenvalue weighted by Gasteiger charge is -2.32. The molecule has 0 spiro atoms. The minimum atomic E-state index is -4.44. The Morgan fingerprint density at radius 3 is 2.57 bits per heavy atom. The molecule has 0 aromatic heterocycles. The van der Waals surface area contributed by atoms with E-state index in [2.05, 4.69) is 0 Å². The summed E-state index contributed by atoms with van der Waals surface area (Å²) < 4.78 is 39.7. The molecule has 1 aliphatic rings. The molecule has 0 saturated carbocycles. The molecule has 30 heavy (non-hydrogen) atoms. The van der Waals surface area contributed by atoms with E-state index in [0.717, 1.165) is 17.7 Å². The Hall–Kier alpha value is -2.72. The van der Waals surface area contributed by atoms with Crippen LogP contribution < -0.4 is 4.90 Å². The maximum Gasteiger partial charge on any atom is 0.416 e. The Labute approximate surface area is 178 Å². The lowest BCUT2D eigenvalue weighted by atomic mass is 10.0. The van der Waals surface area contributed by atoms with Crippen molar-refractivity contribution in [3.8, 4) is 6.07 Å². The molecule has 1 fully saturated rings. The standard InChI is InChI=1S/C22H21ClF3N3O/c1-3-28-13-19(10-21(28)30)29(18-7-5-15(11-27)20(23)9-18)12-16-8-17(22(24,25)26)6-4-14(16)2/h4-9,19H,3,10,12-13H2,1-2H3/t19-/m0/s1. The molecule has 1 heterocycles. The Kier molecular flexibility index (Phi) is 6.27. The second kappa shape index (κ2) is 8.57. The molecule has 0 aliphatic carbocycles. The monoisotopic (exact) mass is 435 g/mol. The van der Waals surface area contributed by atoms with Gasteiger partial charge in [-0.1, -0.05) is 17.7 Å². The first-order valence-electron chi connectivity index (χ1n) is 9.54. The third kappa shape index (κ3) is 4.54. The van der Waals surface area contributed by atoms with Crippen LogP contribution in [0.1, 0.15) is 35.6 Å². The SMILES string of the molecule is CCN1C[C@@H](N(Cc2cc(C(F)(F)F)ccc2C)c2ccc(C#N)c(Cl)c2)CC1=O. The van der Waals surface area contributed by atoms with Crippen molar-refractivity contribution >= 4 is 23.2 Å². The predicted molar refractivity (Wildman–Crippen MR) is 109 cm³/mol. The average molecular weight is 436 g/mol. The zero-order valence-corrected chi connectivity index (χ0v) is 17.4. The summed E-state index contributed by atoms with van der Waals surface area (Å²) in [7, 11) is 0. The molecule has 0 unspecified atom stereocenters. The van der Waals surface area contributed by atoms with Crippen LogP contribution >= 0.6 is 11.6 Å². The van der Waals surface area contributed by atoms with E-state index in [0.29, 0.717) is 29.9 Å². The predicted octanol–water partition coefficient (Wildman–Crippen LogP) is 5.17. The highest BCUT2D eigenvalue weighted by molar-refractivity contribution is 6.32. The second-order valence-electron chi connectivity index (χ2n) is 7.33. The van der Waals surface area contributed by atoms with Gasteiger partial charge in [0.15, 0.2) is 0 Å². The summed E-state index contributed by atoms with van der Waals surface area (Å²) in [5, 5.41) is 9.39. The van der Waals surface area contributed by atoms with Gasteiger partial charge in [0.1, 0.15) is 6.07 Å². The highest BCUT2D eigenvalue weighted by Gasteiger charge is 2.34. The number of nitriles is 1. The Bertz CT molecular complexity index is 1000. The van der Waals surface area contributed by atoms with E-state index in [4.69, 9.17) is 16.9 Å². The van der Waals surface area contributed by atoms with Crippen LogP contribution in [-0.2, 0) is 17.5 Å². The average Bonchev–Trinajstić information content (AvgIpc) is 3.06. The first kappa shape index (κ1) is 22.0. The Morgan fingerprint density at radius 2 is 2.00 bits per heavy atom. The molecule has 1 atom stereocenters. The zero-order chi connectivity index (χ0) is 22.1. The van der Waals surface area contributed by atoms with Gasteiger partial charge in [0.05, 0.1) is 22.2 Å². The van der Waals surface area contributed by atoms with Crippen LogP contribution in [0.2, 0.25) is 5.02 Å². The van der Waals surface area contributed by atoms with Crippen LogP contribution in [-0.4, -0.2) is 29.9 Å². The van der Waals surface area contributed by atoms with E-state index >= 15 is 0 Å². The molecule has 158 valence electrons. The molecule has 1 amide bonds. The van der Waals surface area contributed by atoms with Crippen LogP contribution in [0.25, 0.3) is 0 Å². The lowest BCUT2D eigenvalue weighted by molar-refractivity contribution is -0.137. The molecule has 1 aliphatic heterocycles. The first-order valence-corrected chi connectivity index (χ1v) is 9.92. The number of likely N-dealkylation sites (tertiary alicyclic amines) is 1. The number of amides is 1. The number of rotatable bonds is 5. The largest absolute Gasteiger partial charge is 0.416 e. The van der Waals surface area contributed by atoms with Gasteiger partial charge in [0.2, 0.25) is 5.91 Å². The smallest absolute Gasteiger partial charge is 0.362 e.